The number of rotatable bonds is 0. The highest BCUT2D eigenvalue weighted by molar-refractivity contribution is 7.17. The van der Waals surface area contributed by atoms with Crippen molar-refractivity contribution >= 4 is 32.5 Å². The Morgan fingerprint density at radius 1 is 1.33 bits per heavy atom. The summed E-state index contributed by atoms with van der Waals surface area (Å²) in [6.45, 7) is 0. The van der Waals surface area contributed by atoms with Crippen LogP contribution in [-0.2, 0) is 7.05 Å². The topological polar surface area (TPSA) is 28.7 Å². The molecule has 0 N–H and O–H groups in total. The molecule has 3 aromatic rings. The molecule has 0 unspecified atom stereocenters. The van der Waals surface area contributed by atoms with Crippen LogP contribution >= 0.6 is 11.3 Å². The quantitative estimate of drug-likeness (QED) is 0.562. The van der Waals surface area contributed by atoms with E-state index < -0.39 is 0 Å². The number of fused-ring (bicyclic) bond motifs is 3. The Balaban J connectivity index is 2.67. The van der Waals surface area contributed by atoms with Crippen molar-refractivity contribution in [3.63, 3.8) is 0 Å². The maximum atomic E-state index is 9.04. The van der Waals surface area contributed by atoms with E-state index in [4.69, 9.17) is 5.26 Å². The molecule has 0 aliphatic rings. The third kappa shape index (κ3) is 0.971. The molecule has 2 heterocycles. The van der Waals surface area contributed by atoms with Gasteiger partial charge in [0.05, 0.1) is 5.56 Å². The normalized spacial score (nSPS) is 10.9. The summed E-state index contributed by atoms with van der Waals surface area (Å²) in [5, 5.41) is 13.2. The van der Waals surface area contributed by atoms with Crippen molar-refractivity contribution in [2.75, 3.05) is 0 Å². The van der Waals surface area contributed by atoms with E-state index >= 15 is 0 Å². The molecule has 0 radical (unpaired) electrons. The van der Waals surface area contributed by atoms with Crippen LogP contribution in [0.5, 0.6) is 0 Å². The predicted molar refractivity (Wildman–Crippen MR) is 63.0 cm³/mol. The van der Waals surface area contributed by atoms with Gasteiger partial charge >= 0.3 is 0 Å². The van der Waals surface area contributed by atoms with Crippen LogP contribution in [0, 0.1) is 11.3 Å². The van der Waals surface area contributed by atoms with Crippen LogP contribution in [-0.4, -0.2) is 4.57 Å². The second-order valence-electron chi connectivity index (χ2n) is 3.52. The highest BCUT2D eigenvalue weighted by Crippen LogP contribution is 2.34. The highest BCUT2D eigenvalue weighted by Gasteiger charge is 2.12. The van der Waals surface area contributed by atoms with Crippen molar-refractivity contribution in [2.45, 2.75) is 0 Å². The first kappa shape index (κ1) is 8.51. The van der Waals surface area contributed by atoms with E-state index in [1.807, 2.05) is 24.6 Å². The molecular formula is C12H8N2S. The summed E-state index contributed by atoms with van der Waals surface area (Å²) in [6.07, 6.45) is 0. The largest absolute Gasteiger partial charge is 0.335 e. The van der Waals surface area contributed by atoms with Gasteiger partial charge in [-0.05, 0) is 6.07 Å². The lowest BCUT2D eigenvalue weighted by Crippen LogP contribution is -1.83. The summed E-state index contributed by atoms with van der Waals surface area (Å²) in [4.78, 5) is 1.17. The molecule has 2 aromatic heterocycles. The molecule has 15 heavy (non-hydrogen) atoms. The fourth-order valence-electron chi connectivity index (χ4n) is 2.02. The minimum Gasteiger partial charge on any atom is -0.335 e. The van der Waals surface area contributed by atoms with Crippen LogP contribution in [0.15, 0.2) is 29.6 Å². The molecule has 0 saturated carbocycles. The highest BCUT2D eigenvalue weighted by atomic mass is 32.1. The average Bonchev–Trinajstić information content (AvgIpc) is 2.81. The molecule has 0 bridgehead atoms. The van der Waals surface area contributed by atoms with Crippen molar-refractivity contribution in [3.8, 4) is 6.07 Å². The lowest BCUT2D eigenvalue weighted by Gasteiger charge is -1.94. The van der Waals surface area contributed by atoms with E-state index in [0.717, 1.165) is 10.9 Å². The van der Waals surface area contributed by atoms with E-state index in [2.05, 4.69) is 22.8 Å². The molecule has 0 aliphatic heterocycles. The minimum atomic E-state index is 0.784. The summed E-state index contributed by atoms with van der Waals surface area (Å²) in [6, 6.07) is 10.5. The third-order valence-electron chi connectivity index (χ3n) is 2.73. The Morgan fingerprint density at radius 2 is 2.13 bits per heavy atom. The van der Waals surface area contributed by atoms with Gasteiger partial charge in [0.2, 0.25) is 0 Å². The maximum Gasteiger partial charge on any atom is 0.104 e. The number of benzene rings is 1. The molecule has 0 fully saturated rings. The predicted octanol–water partition coefficient (Wildman–Crippen LogP) is 3.26. The molecule has 0 atom stereocenters. The van der Waals surface area contributed by atoms with Gasteiger partial charge in [-0.2, -0.15) is 5.26 Å². The Kier molecular flexibility index (Phi) is 1.62. The fourth-order valence-corrected chi connectivity index (χ4v) is 3.02. The summed E-state index contributed by atoms with van der Waals surface area (Å²) in [5.74, 6) is 0. The van der Waals surface area contributed by atoms with E-state index in [0.29, 0.717) is 0 Å². The van der Waals surface area contributed by atoms with Gasteiger partial charge < -0.3 is 4.57 Å². The number of hydrogen-bond donors (Lipinski definition) is 0. The number of nitrogens with zero attached hydrogens (tertiary/aromatic N) is 2. The monoisotopic (exact) mass is 212 g/mol. The molecule has 2 nitrogen and oxygen atoms in total. The van der Waals surface area contributed by atoms with Crippen molar-refractivity contribution in [3.05, 3.63) is 35.2 Å². The number of para-hydroxylation sites is 1. The van der Waals surface area contributed by atoms with E-state index in [1.54, 1.807) is 11.3 Å². The molecule has 3 heteroatoms. The SMILES string of the molecule is Cn1c2ccccc2c2c(C#N)csc21. The Bertz CT molecular complexity index is 697. The maximum absolute atomic E-state index is 9.04. The van der Waals surface area contributed by atoms with Crippen molar-refractivity contribution in [2.24, 2.45) is 7.05 Å². The fraction of sp³-hybridized carbons (Fsp3) is 0.0833. The third-order valence-corrected chi connectivity index (χ3v) is 3.79. The Morgan fingerprint density at radius 3 is 2.93 bits per heavy atom. The Labute approximate surface area is 91.0 Å². The Hall–Kier alpha value is -1.79. The summed E-state index contributed by atoms with van der Waals surface area (Å²) >= 11 is 1.63. The summed E-state index contributed by atoms with van der Waals surface area (Å²) in [5.41, 5.74) is 1.97. The van der Waals surface area contributed by atoms with Gasteiger partial charge in [-0.1, -0.05) is 18.2 Å². The van der Waals surface area contributed by atoms with Crippen molar-refractivity contribution < 1.29 is 0 Å². The molecule has 72 valence electrons. The zero-order valence-electron chi connectivity index (χ0n) is 8.19. The molecule has 0 saturated heterocycles. The number of hydrogen-bond acceptors (Lipinski definition) is 2. The van der Waals surface area contributed by atoms with Gasteiger partial charge in [-0.25, -0.2) is 0 Å². The van der Waals surface area contributed by atoms with Crippen molar-refractivity contribution in [1.29, 1.82) is 5.26 Å². The lowest BCUT2D eigenvalue weighted by atomic mass is 10.1. The number of thiophene rings is 1. The molecule has 0 aliphatic carbocycles. The first-order valence-corrected chi connectivity index (χ1v) is 5.55. The van der Waals surface area contributed by atoms with Gasteiger partial charge in [0.25, 0.3) is 0 Å². The van der Waals surface area contributed by atoms with Gasteiger partial charge in [0.1, 0.15) is 10.9 Å². The zero-order chi connectivity index (χ0) is 10.4. The summed E-state index contributed by atoms with van der Waals surface area (Å²) in [7, 11) is 2.04. The number of aryl methyl sites for hydroxylation is 1. The zero-order valence-corrected chi connectivity index (χ0v) is 9.01. The van der Waals surface area contributed by atoms with Crippen LogP contribution < -0.4 is 0 Å². The first-order valence-electron chi connectivity index (χ1n) is 4.67. The first-order chi connectivity index (χ1) is 7.33. The minimum absolute atomic E-state index is 0.784. The van der Waals surface area contributed by atoms with Crippen LogP contribution in [0.2, 0.25) is 0 Å². The molecular weight excluding hydrogens is 204 g/mol. The number of aromatic nitrogens is 1. The van der Waals surface area contributed by atoms with Gasteiger partial charge in [-0.3, -0.25) is 0 Å². The van der Waals surface area contributed by atoms with Crippen LogP contribution in [0.4, 0.5) is 0 Å². The van der Waals surface area contributed by atoms with E-state index in [1.165, 1.54) is 15.7 Å². The molecule has 0 spiro atoms. The van der Waals surface area contributed by atoms with Crippen molar-refractivity contribution in [1.82, 2.24) is 4.57 Å². The molecule has 0 amide bonds. The average molecular weight is 212 g/mol. The second kappa shape index (κ2) is 2.85. The number of nitriles is 1. The smallest absolute Gasteiger partial charge is 0.104 e. The van der Waals surface area contributed by atoms with Gasteiger partial charge in [-0.15, -0.1) is 11.3 Å². The van der Waals surface area contributed by atoms with Gasteiger partial charge in [0, 0.05) is 28.7 Å². The van der Waals surface area contributed by atoms with Crippen LogP contribution in [0.25, 0.3) is 21.1 Å². The van der Waals surface area contributed by atoms with E-state index in [-0.39, 0.29) is 0 Å². The van der Waals surface area contributed by atoms with Crippen LogP contribution in [0.1, 0.15) is 5.56 Å². The standard InChI is InChI=1S/C12H8N2S/c1-14-10-5-3-2-4-9(10)11-8(6-13)7-15-12(11)14/h2-5,7H,1H3. The van der Waals surface area contributed by atoms with Gasteiger partial charge in [0.15, 0.2) is 0 Å². The molecule has 1 aromatic carbocycles. The lowest BCUT2D eigenvalue weighted by molar-refractivity contribution is 1.02. The summed E-state index contributed by atoms with van der Waals surface area (Å²) < 4.78 is 2.15. The van der Waals surface area contributed by atoms with E-state index in [9.17, 15) is 0 Å². The van der Waals surface area contributed by atoms with Crippen LogP contribution in [0.3, 0.4) is 0 Å². The molecule has 3 rings (SSSR count). The second-order valence-corrected chi connectivity index (χ2v) is 4.38.